The van der Waals surface area contributed by atoms with Crippen molar-refractivity contribution >= 4 is 5.91 Å². The minimum atomic E-state index is -4.44. The molecule has 0 radical (unpaired) electrons. The smallest absolute Gasteiger partial charge is 0.351 e. The number of nitrogens with one attached hydrogen (secondary N) is 1. The number of aromatic nitrogens is 1. The zero-order valence-corrected chi connectivity index (χ0v) is 15.1. The Morgan fingerprint density at radius 2 is 1.93 bits per heavy atom. The molecule has 3 rings (SSSR count). The molecule has 0 saturated carbocycles. The summed E-state index contributed by atoms with van der Waals surface area (Å²) < 4.78 is 39.1. The fraction of sp³-hybridized carbons (Fsp3) is 0.400. The van der Waals surface area contributed by atoms with Crippen LogP contribution in [-0.4, -0.2) is 42.0 Å². The number of hydrogen-bond donors (Lipinski definition) is 1. The number of carbonyl (C=O) groups excluding carboxylic acids is 1. The van der Waals surface area contributed by atoms with Crippen molar-refractivity contribution in [3.63, 3.8) is 0 Å². The Labute approximate surface area is 156 Å². The summed E-state index contributed by atoms with van der Waals surface area (Å²) in [6.45, 7) is 5.00. The van der Waals surface area contributed by atoms with Crippen molar-refractivity contribution in [2.24, 2.45) is 0 Å². The summed E-state index contributed by atoms with van der Waals surface area (Å²) in [7, 11) is 0. The first kappa shape index (κ1) is 19.4. The molecular formula is C20H22F3N3O. The molecule has 7 heteroatoms. The molecule has 0 spiro atoms. The third kappa shape index (κ3) is 5.07. The van der Waals surface area contributed by atoms with Crippen LogP contribution in [0.5, 0.6) is 0 Å². The Morgan fingerprint density at radius 3 is 2.63 bits per heavy atom. The molecule has 4 nitrogen and oxygen atoms in total. The third-order valence-electron chi connectivity index (χ3n) is 4.61. The van der Waals surface area contributed by atoms with E-state index < -0.39 is 11.7 Å². The van der Waals surface area contributed by atoms with Crippen LogP contribution >= 0.6 is 0 Å². The molecular weight excluding hydrogens is 355 g/mol. The van der Waals surface area contributed by atoms with Crippen molar-refractivity contribution in [3.8, 4) is 11.3 Å². The lowest BCUT2D eigenvalue weighted by Crippen LogP contribution is -2.33. The second kappa shape index (κ2) is 8.08. The van der Waals surface area contributed by atoms with Crippen molar-refractivity contribution in [2.45, 2.75) is 25.9 Å². The maximum atomic E-state index is 13.0. The van der Waals surface area contributed by atoms with E-state index >= 15 is 0 Å². The number of aryl methyl sites for hydroxylation is 1. The average molecular weight is 377 g/mol. The molecule has 1 aliphatic heterocycles. The third-order valence-corrected chi connectivity index (χ3v) is 4.61. The van der Waals surface area contributed by atoms with Gasteiger partial charge in [-0.1, -0.05) is 12.1 Å². The first-order chi connectivity index (χ1) is 12.8. The summed E-state index contributed by atoms with van der Waals surface area (Å²) in [5.41, 5.74) is 0.627. The molecule has 2 aromatic rings. The van der Waals surface area contributed by atoms with Crippen molar-refractivity contribution in [3.05, 3.63) is 53.2 Å². The average Bonchev–Trinajstić information content (AvgIpc) is 3.14. The topological polar surface area (TPSA) is 45.2 Å². The Kier molecular flexibility index (Phi) is 5.79. The summed E-state index contributed by atoms with van der Waals surface area (Å²) in [5.74, 6) is -0.236. The summed E-state index contributed by atoms with van der Waals surface area (Å²) in [4.78, 5) is 18.9. The van der Waals surface area contributed by atoms with Gasteiger partial charge in [-0.2, -0.15) is 13.2 Å². The maximum absolute atomic E-state index is 13.0. The molecule has 1 saturated heterocycles. The van der Waals surface area contributed by atoms with Crippen LogP contribution in [0.15, 0.2) is 36.4 Å². The molecule has 144 valence electrons. The molecule has 0 aliphatic carbocycles. The highest BCUT2D eigenvalue weighted by Gasteiger charge is 2.31. The van der Waals surface area contributed by atoms with Crippen LogP contribution in [0.25, 0.3) is 11.3 Å². The molecule has 1 aromatic heterocycles. The van der Waals surface area contributed by atoms with E-state index in [2.05, 4.69) is 15.2 Å². The lowest BCUT2D eigenvalue weighted by molar-refractivity contribution is -0.137. The first-order valence-corrected chi connectivity index (χ1v) is 9.00. The fourth-order valence-electron chi connectivity index (χ4n) is 3.24. The van der Waals surface area contributed by atoms with Crippen molar-refractivity contribution < 1.29 is 18.0 Å². The molecule has 1 fully saturated rings. The molecule has 1 aliphatic rings. The normalized spacial score (nSPS) is 15.1. The lowest BCUT2D eigenvalue weighted by atomic mass is 10.0. The van der Waals surface area contributed by atoms with Crippen molar-refractivity contribution in [1.29, 1.82) is 0 Å². The van der Waals surface area contributed by atoms with E-state index in [9.17, 15) is 18.0 Å². The number of amides is 1. The second-order valence-electron chi connectivity index (χ2n) is 6.77. The van der Waals surface area contributed by atoms with Gasteiger partial charge in [0.15, 0.2) is 0 Å². The van der Waals surface area contributed by atoms with Crippen molar-refractivity contribution in [2.75, 3.05) is 26.2 Å². The number of likely N-dealkylation sites (tertiary alicyclic amines) is 1. The van der Waals surface area contributed by atoms with E-state index in [4.69, 9.17) is 0 Å². The highest BCUT2D eigenvalue weighted by molar-refractivity contribution is 5.95. The molecule has 0 atom stereocenters. The molecule has 1 aromatic carbocycles. The van der Waals surface area contributed by atoms with E-state index in [-0.39, 0.29) is 17.3 Å². The molecule has 1 N–H and O–H groups in total. The van der Waals surface area contributed by atoms with Crippen LogP contribution in [-0.2, 0) is 6.18 Å². The van der Waals surface area contributed by atoms with E-state index in [0.717, 1.165) is 31.8 Å². The van der Waals surface area contributed by atoms with Crippen LogP contribution in [0.2, 0.25) is 0 Å². The summed E-state index contributed by atoms with van der Waals surface area (Å²) in [5, 5.41) is 2.87. The van der Waals surface area contributed by atoms with Gasteiger partial charge in [0.05, 0.1) is 11.3 Å². The number of rotatable bonds is 5. The quantitative estimate of drug-likeness (QED) is 0.860. The Morgan fingerprint density at radius 1 is 1.19 bits per heavy atom. The minimum Gasteiger partial charge on any atom is -0.351 e. The zero-order chi connectivity index (χ0) is 19.4. The van der Waals surface area contributed by atoms with Crippen LogP contribution < -0.4 is 5.32 Å². The molecule has 0 bridgehead atoms. The predicted molar refractivity (Wildman–Crippen MR) is 97.4 cm³/mol. The van der Waals surface area contributed by atoms with Gasteiger partial charge in [-0.3, -0.25) is 9.78 Å². The van der Waals surface area contributed by atoms with E-state index in [1.54, 1.807) is 24.3 Å². The zero-order valence-electron chi connectivity index (χ0n) is 15.1. The summed E-state index contributed by atoms with van der Waals surface area (Å²) >= 11 is 0. The van der Waals surface area contributed by atoms with Gasteiger partial charge in [-0.05, 0) is 57.1 Å². The fourth-order valence-corrected chi connectivity index (χ4v) is 3.24. The van der Waals surface area contributed by atoms with Crippen LogP contribution in [0.1, 0.15) is 34.5 Å². The van der Waals surface area contributed by atoms with Gasteiger partial charge in [0.2, 0.25) is 0 Å². The van der Waals surface area contributed by atoms with Gasteiger partial charge in [0.25, 0.3) is 5.91 Å². The standard InChI is InChI=1S/C20H22F3N3O/c1-14-11-17(20(21,22)23)13-18(25-14)15-5-4-6-16(12-15)19(27)24-7-10-26-8-2-3-9-26/h4-6,11-13H,2-3,7-10H2,1H3,(H,24,27). The van der Waals surface area contributed by atoms with Gasteiger partial charge < -0.3 is 10.2 Å². The second-order valence-corrected chi connectivity index (χ2v) is 6.77. The van der Waals surface area contributed by atoms with Gasteiger partial charge in [0.1, 0.15) is 0 Å². The van der Waals surface area contributed by atoms with Crippen LogP contribution in [0.4, 0.5) is 13.2 Å². The van der Waals surface area contributed by atoms with Gasteiger partial charge in [-0.15, -0.1) is 0 Å². The maximum Gasteiger partial charge on any atom is 0.416 e. The highest BCUT2D eigenvalue weighted by atomic mass is 19.4. The number of alkyl halides is 3. The number of hydrogen-bond acceptors (Lipinski definition) is 3. The van der Waals surface area contributed by atoms with Gasteiger partial charge in [0, 0.05) is 29.9 Å². The monoisotopic (exact) mass is 377 g/mol. The summed E-state index contributed by atoms with van der Waals surface area (Å²) in [6.07, 6.45) is -2.05. The Hall–Kier alpha value is -2.41. The summed E-state index contributed by atoms with van der Waals surface area (Å²) in [6, 6.07) is 8.56. The molecule has 1 amide bonds. The van der Waals surface area contributed by atoms with Crippen molar-refractivity contribution in [1.82, 2.24) is 15.2 Å². The van der Waals surface area contributed by atoms with Crippen LogP contribution in [0.3, 0.4) is 0 Å². The molecule has 2 heterocycles. The number of benzene rings is 1. The minimum absolute atomic E-state index is 0.203. The van der Waals surface area contributed by atoms with Gasteiger partial charge in [-0.25, -0.2) is 0 Å². The van der Waals surface area contributed by atoms with Crippen LogP contribution in [0, 0.1) is 6.92 Å². The molecule has 27 heavy (non-hydrogen) atoms. The van der Waals surface area contributed by atoms with E-state index in [1.807, 2.05) is 0 Å². The van der Waals surface area contributed by atoms with Gasteiger partial charge >= 0.3 is 6.18 Å². The number of nitrogens with zero attached hydrogens (tertiary/aromatic N) is 2. The Bertz CT molecular complexity index is 814. The SMILES string of the molecule is Cc1cc(C(F)(F)F)cc(-c2cccc(C(=O)NCCN3CCCC3)c2)n1. The van der Waals surface area contributed by atoms with E-state index in [1.165, 1.54) is 19.8 Å². The largest absolute Gasteiger partial charge is 0.416 e. The number of halogens is 3. The Balaban J connectivity index is 1.73. The lowest BCUT2D eigenvalue weighted by Gasteiger charge is -2.15. The first-order valence-electron chi connectivity index (χ1n) is 9.00. The number of pyridine rings is 1. The number of carbonyl (C=O) groups is 1. The highest BCUT2D eigenvalue weighted by Crippen LogP contribution is 2.32. The molecule has 0 unspecified atom stereocenters. The predicted octanol–water partition coefficient (Wildman–Crippen LogP) is 3.90. The van der Waals surface area contributed by atoms with E-state index in [0.29, 0.717) is 17.7 Å².